The zero-order valence-corrected chi connectivity index (χ0v) is 23.2. The average molecular weight is 547 g/mol. The molecule has 0 radical (unpaired) electrons. The highest BCUT2D eigenvalue weighted by Gasteiger charge is 2.56. The molecule has 1 spiro atoms. The molecule has 0 saturated carbocycles. The maximum Gasteiger partial charge on any atom is 0.336 e. The number of rotatable bonds is 5. The van der Waals surface area contributed by atoms with Crippen molar-refractivity contribution in [2.75, 3.05) is 31.1 Å². The van der Waals surface area contributed by atoms with E-state index in [4.69, 9.17) is 9.15 Å². The van der Waals surface area contributed by atoms with Crippen LogP contribution in [0.5, 0.6) is 11.5 Å². The normalized spacial score (nSPS) is 17.1. The van der Waals surface area contributed by atoms with Crippen LogP contribution >= 0.6 is 0 Å². The molecule has 4 aromatic carbocycles. The molecule has 206 valence electrons. The minimum atomic E-state index is -1.02. The predicted molar refractivity (Wildman–Crippen MR) is 159 cm³/mol. The third kappa shape index (κ3) is 3.36. The van der Waals surface area contributed by atoms with Crippen LogP contribution < -0.4 is 15.3 Å². The van der Waals surface area contributed by atoms with E-state index in [1.54, 1.807) is 4.90 Å². The Balaban J connectivity index is 1.62. The van der Waals surface area contributed by atoms with Gasteiger partial charge < -0.3 is 24.1 Å². The third-order valence-corrected chi connectivity index (χ3v) is 8.67. The lowest BCUT2D eigenvalue weighted by Crippen LogP contribution is -2.48. The Labute approximate surface area is 237 Å². The van der Waals surface area contributed by atoms with Gasteiger partial charge in [0.05, 0.1) is 6.61 Å². The van der Waals surface area contributed by atoms with Crippen LogP contribution in [0.1, 0.15) is 46.5 Å². The van der Waals surface area contributed by atoms with E-state index >= 15 is 0 Å². The van der Waals surface area contributed by atoms with Crippen molar-refractivity contribution in [1.29, 1.82) is 0 Å². The van der Waals surface area contributed by atoms with Gasteiger partial charge in [0.25, 0.3) is 5.91 Å². The SMILES string of the molecule is CCN(CC)c1ccc2c(c1)Oc1c(ccc3c1ccc1c(C)cc(=O)oc13)C21c2ccccc2C(=O)N1CCO. The van der Waals surface area contributed by atoms with Crippen LogP contribution in [-0.4, -0.2) is 42.2 Å². The number of amides is 1. The molecule has 2 aliphatic rings. The van der Waals surface area contributed by atoms with Crippen molar-refractivity contribution < 1.29 is 19.1 Å². The molecule has 1 aromatic heterocycles. The molecule has 1 atom stereocenters. The molecular weight excluding hydrogens is 516 g/mol. The van der Waals surface area contributed by atoms with Crippen molar-refractivity contribution in [3.05, 3.63) is 111 Å². The van der Waals surface area contributed by atoms with Crippen LogP contribution in [0.3, 0.4) is 0 Å². The molecule has 0 aliphatic carbocycles. The Hall–Kier alpha value is -4.62. The van der Waals surface area contributed by atoms with Crippen LogP contribution in [0.2, 0.25) is 0 Å². The molecule has 0 saturated heterocycles. The number of β-amino-alcohol motifs (C(OH)–C–C–N with tert-alkyl or cyclic N) is 1. The molecule has 41 heavy (non-hydrogen) atoms. The second-order valence-corrected chi connectivity index (χ2v) is 10.6. The Kier molecular flexibility index (Phi) is 5.70. The van der Waals surface area contributed by atoms with Crippen LogP contribution in [-0.2, 0) is 5.54 Å². The number of benzene rings is 4. The first-order valence-corrected chi connectivity index (χ1v) is 14.0. The van der Waals surface area contributed by atoms with Gasteiger partial charge in [-0.25, -0.2) is 4.79 Å². The number of carbonyl (C=O) groups excluding carboxylic acids is 1. The summed E-state index contributed by atoms with van der Waals surface area (Å²) in [5.41, 5.74) is 4.04. The van der Waals surface area contributed by atoms with Gasteiger partial charge in [-0.3, -0.25) is 4.79 Å². The Morgan fingerprint density at radius 3 is 2.37 bits per heavy atom. The van der Waals surface area contributed by atoms with Gasteiger partial charge in [-0.2, -0.15) is 0 Å². The fourth-order valence-electron chi connectivity index (χ4n) is 6.86. The minimum Gasteiger partial charge on any atom is -0.456 e. The summed E-state index contributed by atoms with van der Waals surface area (Å²) in [6.07, 6.45) is 0. The summed E-state index contributed by atoms with van der Waals surface area (Å²) in [5, 5.41) is 12.6. The molecule has 7 rings (SSSR count). The number of nitrogens with zero attached hydrogens (tertiary/aromatic N) is 2. The van der Waals surface area contributed by atoms with Crippen LogP contribution in [0.4, 0.5) is 5.69 Å². The number of aryl methyl sites for hydroxylation is 1. The second-order valence-electron chi connectivity index (χ2n) is 10.6. The maximum atomic E-state index is 14.0. The first-order valence-electron chi connectivity index (χ1n) is 14.0. The first-order chi connectivity index (χ1) is 19.9. The van der Waals surface area contributed by atoms with Crippen molar-refractivity contribution >= 4 is 33.3 Å². The summed E-state index contributed by atoms with van der Waals surface area (Å²) in [7, 11) is 0. The molecule has 0 fully saturated rings. The van der Waals surface area contributed by atoms with Crippen molar-refractivity contribution in [2.45, 2.75) is 26.3 Å². The van der Waals surface area contributed by atoms with E-state index in [1.807, 2.05) is 61.5 Å². The summed E-state index contributed by atoms with van der Waals surface area (Å²) in [5.74, 6) is 1.11. The minimum absolute atomic E-state index is 0.138. The molecule has 3 heterocycles. The van der Waals surface area contributed by atoms with Gasteiger partial charge in [-0.1, -0.05) is 36.4 Å². The Morgan fingerprint density at radius 1 is 0.854 bits per heavy atom. The molecule has 5 aromatic rings. The third-order valence-electron chi connectivity index (χ3n) is 8.67. The lowest BCUT2D eigenvalue weighted by Gasteiger charge is -2.44. The molecule has 7 nitrogen and oxygen atoms in total. The van der Waals surface area contributed by atoms with Gasteiger partial charge in [0.15, 0.2) is 0 Å². The van der Waals surface area contributed by atoms with E-state index in [2.05, 4.69) is 30.9 Å². The molecule has 1 amide bonds. The van der Waals surface area contributed by atoms with Gasteiger partial charge in [0.2, 0.25) is 0 Å². The Bertz CT molecular complexity index is 1940. The van der Waals surface area contributed by atoms with Gasteiger partial charge in [0, 0.05) is 70.3 Å². The van der Waals surface area contributed by atoms with Gasteiger partial charge in [-0.15, -0.1) is 0 Å². The smallest absolute Gasteiger partial charge is 0.336 e. The summed E-state index contributed by atoms with van der Waals surface area (Å²) in [6.45, 7) is 7.76. The number of aliphatic hydroxyl groups excluding tert-OH is 1. The zero-order chi connectivity index (χ0) is 28.5. The number of fused-ring (bicyclic) bond motifs is 10. The van der Waals surface area contributed by atoms with E-state index in [-0.39, 0.29) is 19.1 Å². The highest BCUT2D eigenvalue weighted by molar-refractivity contribution is 6.09. The largest absolute Gasteiger partial charge is 0.456 e. The van der Waals surface area contributed by atoms with Crippen molar-refractivity contribution in [1.82, 2.24) is 4.90 Å². The van der Waals surface area contributed by atoms with Crippen molar-refractivity contribution in [3.8, 4) is 11.5 Å². The van der Waals surface area contributed by atoms with Crippen LogP contribution in [0, 0.1) is 6.92 Å². The van der Waals surface area contributed by atoms with E-state index in [1.165, 1.54) is 6.07 Å². The molecule has 7 heteroatoms. The monoisotopic (exact) mass is 546 g/mol. The predicted octanol–water partition coefficient (Wildman–Crippen LogP) is 5.95. The van der Waals surface area contributed by atoms with Crippen LogP contribution in [0.25, 0.3) is 21.7 Å². The molecular formula is C34H30N2O5. The van der Waals surface area contributed by atoms with Gasteiger partial charge >= 0.3 is 5.63 Å². The van der Waals surface area contributed by atoms with Crippen molar-refractivity contribution in [3.63, 3.8) is 0 Å². The highest BCUT2D eigenvalue weighted by Crippen LogP contribution is 2.59. The summed E-state index contributed by atoms with van der Waals surface area (Å²) < 4.78 is 12.5. The molecule has 1 N–H and O–H groups in total. The van der Waals surface area contributed by atoms with Crippen molar-refractivity contribution in [2.24, 2.45) is 0 Å². The lowest BCUT2D eigenvalue weighted by atomic mass is 9.74. The number of hydrogen-bond acceptors (Lipinski definition) is 6. The standard InChI is InChI=1S/C34H30N2O5/c1-4-35(5-2)21-10-14-27-29(19-21)40-32-24-12-11-22-20(3)18-30(38)41-31(22)23(24)13-15-28(32)34(27)26-9-7-6-8-25(26)33(39)36(34)16-17-37/h6-15,18-19,37H,4-5,16-17H2,1-3H3. The number of ether oxygens (including phenoxy) is 1. The number of carbonyl (C=O) groups is 1. The molecule has 2 aliphatic heterocycles. The number of anilines is 1. The fraction of sp³-hybridized carbons (Fsp3) is 0.235. The molecule has 1 unspecified atom stereocenters. The van der Waals surface area contributed by atoms with E-state index < -0.39 is 11.2 Å². The van der Waals surface area contributed by atoms with Gasteiger partial charge in [0.1, 0.15) is 22.6 Å². The second kappa shape index (κ2) is 9.21. The van der Waals surface area contributed by atoms with E-state index in [0.717, 1.165) is 57.2 Å². The average Bonchev–Trinajstić information content (AvgIpc) is 3.22. The Morgan fingerprint density at radius 2 is 1.59 bits per heavy atom. The summed E-state index contributed by atoms with van der Waals surface area (Å²) in [4.78, 5) is 30.4. The quantitative estimate of drug-likeness (QED) is 0.217. The maximum absolute atomic E-state index is 14.0. The number of aliphatic hydroxyl groups is 1. The molecule has 0 bridgehead atoms. The number of hydrogen-bond donors (Lipinski definition) is 1. The van der Waals surface area contributed by atoms with Gasteiger partial charge in [-0.05, 0) is 56.2 Å². The zero-order valence-electron chi connectivity index (χ0n) is 23.2. The van der Waals surface area contributed by atoms with E-state index in [9.17, 15) is 14.7 Å². The summed E-state index contributed by atoms with van der Waals surface area (Å²) in [6, 6.07) is 23.2. The topological polar surface area (TPSA) is 83.2 Å². The van der Waals surface area contributed by atoms with E-state index in [0.29, 0.717) is 22.6 Å². The lowest BCUT2D eigenvalue weighted by molar-refractivity contribution is 0.0616. The fourth-order valence-corrected chi connectivity index (χ4v) is 6.86. The highest BCUT2D eigenvalue weighted by atomic mass is 16.5. The summed E-state index contributed by atoms with van der Waals surface area (Å²) >= 11 is 0. The van der Waals surface area contributed by atoms with Crippen LogP contribution in [0.15, 0.2) is 82.0 Å². The first kappa shape index (κ1) is 25.4.